The molecule has 0 bridgehead atoms. The van der Waals surface area contributed by atoms with Gasteiger partial charge in [-0.3, -0.25) is 0 Å². The number of rotatable bonds is 6. The standard InChI is InChI=1S/C10H15Cl3O4/c1-3-5-6-7(8(14)16-4-2)17-9(15)10(11,12)13/h7H,3-6H2,1-2H3. The van der Waals surface area contributed by atoms with Crippen molar-refractivity contribution in [2.45, 2.75) is 43.0 Å². The fourth-order valence-electron chi connectivity index (χ4n) is 1.05. The number of unbranched alkanes of at least 4 members (excludes halogenated alkanes) is 1. The van der Waals surface area contributed by atoms with Gasteiger partial charge in [0.05, 0.1) is 6.61 Å². The number of alkyl halides is 3. The molecule has 1 unspecified atom stereocenters. The Hall–Kier alpha value is -0.190. The second kappa shape index (κ2) is 8.01. The van der Waals surface area contributed by atoms with Crippen LogP contribution in [0.25, 0.3) is 0 Å². The maximum absolute atomic E-state index is 11.5. The number of esters is 2. The summed E-state index contributed by atoms with van der Waals surface area (Å²) in [6, 6.07) is 0. The predicted octanol–water partition coefficient (Wildman–Crippen LogP) is 3.02. The van der Waals surface area contributed by atoms with Gasteiger partial charge in [-0.25, -0.2) is 9.59 Å². The summed E-state index contributed by atoms with van der Waals surface area (Å²) < 4.78 is 7.41. The molecule has 0 N–H and O–H groups in total. The number of carbonyl (C=O) groups is 2. The van der Waals surface area contributed by atoms with Gasteiger partial charge in [0.15, 0.2) is 6.10 Å². The molecule has 1 atom stereocenters. The minimum absolute atomic E-state index is 0.201. The van der Waals surface area contributed by atoms with Gasteiger partial charge in [0, 0.05) is 0 Å². The van der Waals surface area contributed by atoms with E-state index in [0.29, 0.717) is 12.8 Å². The van der Waals surface area contributed by atoms with Crippen molar-refractivity contribution in [1.29, 1.82) is 0 Å². The monoisotopic (exact) mass is 304 g/mol. The van der Waals surface area contributed by atoms with E-state index in [2.05, 4.69) is 0 Å². The lowest BCUT2D eigenvalue weighted by Gasteiger charge is -2.18. The zero-order valence-electron chi connectivity index (χ0n) is 9.67. The van der Waals surface area contributed by atoms with E-state index in [0.717, 1.165) is 6.42 Å². The van der Waals surface area contributed by atoms with E-state index in [-0.39, 0.29) is 6.61 Å². The molecule has 0 amide bonds. The first-order chi connectivity index (χ1) is 7.82. The van der Waals surface area contributed by atoms with E-state index >= 15 is 0 Å². The van der Waals surface area contributed by atoms with Crippen LogP contribution >= 0.6 is 34.8 Å². The zero-order chi connectivity index (χ0) is 13.5. The summed E-state index contributed by atoms with van der Waals surface area (Å²) in [5.41, 5.74) is 0. The van der Waals surface area contributed by atoms with Crippen LogP contribution in [-0.4, -0.2) is 28.4 Å². The van der Waals surface area contributed by atoms with Crippen molar-refractivity contribution in [3.63, 3.8) is 0 Å². The van der Waals surface area contributed by atoms with E-state index in [1.165, 1.54) is 0 Å². The number of hydrogen-bond donors (Lipinski definition) is 0. The highest BCUT2D eigenvalue weighted by Gasteiger charge is 2.36. The third-order valence-corrected chi connectivity index (χ3v) is 2.31. The molecule has 0 aliphatic heterocycles. The van der Waals surface area contributed by atoms with Gasteiger partial charge in [-0.05, 0) is 19.8 Å². The summed E-state index contributed by atoms with van der Waals surface area (Å²) in [7, 11) is 0. The van der Waals surface area contributed by atoms with Gasteiger partial charge in [0.2, 0.25) is 0 Å². The molecule has 0 heterocycles. The Morgan fingerprint density at radius 2 is 1.82 bits per heavy atom. The molecule has 17 heavy (non-hydrogen) atoms. The molecule has 0 saturated heterocycles. The van der Waals surface area contributed by atoms with Crippen LogP contribution in [0.15, 0.2) is 0 Å². The van der Waals surface area contributed by atoms with Crippen LogP contribution < -0.4 is 0 Å². The maximum atomic E-state index is 11.5. The van der Waals surface area contributed by atoms with Gasteiger partial charge in [-0.2, -0.15) is 0 Å². The summed E-state index contributed by atoms with van der Waals surface area (Å²) in [6.07, 6.45) is 0.887. The number of carbonyl (C=O) groups excluding carboxylic acids is 2. The Bertz CT molecular complexity index is 263. The van der Waals surface area contributed by atoms with Crippen LogP contribution in [0.3, 0.4) is 0 Å². The zero-order valence-corrected chi connectivity index (χ0v) is 11.9. The largest absolute Gasteiger partial charge is 0.463 e. The molecule has 0 saturated carbocycles. The first-order valence-corrected chi connectivity index (χ1v) is 6.40. The Morgan fingerprint density at radius 1 is 1.24 bits per heavy atom. The van der Waals surface area contributed by atoms with E-state index in [4.69, 9.17) is 44.3 Å². The second-order valence-corrected chi connectivity index (χ2v) is 5.57. The molecule has 0 aromatic rings. The number of ether oxygens (including phenoxy) is 2. The first-order valence-electron chi connectivity index (χ1n) is 5.27. The van der Waals surface area contributed by atoms with Crippen LogP contribution in [0.2, 0.25) is 0 Å². The molecule has 0 aromatic heterocycles. The Balaban J connectivity index is 4.48. The van der Waals surface area contributed by atoms with Gasteiger partial charge < -0.3 is 9.47 Å². The lowest BCUT2D eigenvalue weighted by molar-refractivity contribution is -0.167. The lowest BCUT2D eigenvalue weighted by atomic mass is 10.1. The quantitative estimate of drug-likeness (QED) is 0.559. The summed E-state index contributed by atoms with van der Waals surface area (Å²) in [5.74, 6) is -1.69. The molecule has 0 spiro atoms. The van der Waals surface area contributed by atoms with Crippen molar-refractivity contribution in [2.24, 2.45) is 0 Å². The topological polar surface area (TPSA) is 52.6 Å². The molecule has 100 valence electrons. The van der Waals surface area contributed by atoms with Crippen molar-refractivity contribution >= 4 is 46.7 Å². The van der Waals surface area contributed by atoms with Crippen LogP contribution in [0.4, 0.5) is 0 Å². The highest BCUT2D eigenvalue weighted by atomic mass is 35.6. The van der Waals surface area contributed by atoms with Gasteiger partial charge in [0.25, 0.3) is 3.79 Å². The van der Waals surface area contributed by atoms with Crippen molar-refractivity contribution in [1.82, 2.24) is 0 Å². The lowest BCUT2D eigenvalue weighted by Crippen LogP contribution is -2.34. The second-order valence-electron chi connectivity index (χ2n) is 3.29. The normalized spacial score (nSPS) is 13.0. The number of halogens is 3. The minimum Gasteiger partial charge on any atom is -0.463 e. The summed E-state index contributed by atoms with van der Waals surface area (Å²) in [4.78, 5) is 22.8. The Kier molecular flexibility index (Phi) is 7.92. The Morgan fingerprint density at radius 3 is 2.24 bits per heavy atom. The molecule has 0 rings (SSSR count). The molecule has 4 nitrogen and oxygen atoms in total. The molecule has 7 heteroatoms. The minimum atomic E-state index is -2.18. The Labute approximate surface area is 115 Å². The van der Waals surface area contributed by atoms with E-state index in [1.54, 1.807) is 6.92 Å². The van der Waals surface area contributed by atoms with Crippen molar-refractivity contribution in [3.05, 3.63) is 0 Å². The van der Waals surface area contributed by atoms with Gasteiger partial charge >= 0.3 is 11.9 Å². The highest BCUT2D eigenvalue weighted by Crippen LogP contribution is 2.28. The van der Waals surface area contributed by atoms with Crippen LogP contribution in [0.5, 0.6) is 0 Å². The average Bonchev–Trinajstić information content (AvgIpc) is 2.22. The molecule has 0 aliphatic carbocycles. The third kappa shape index (κ3) is 6.96. The van der Waals surface area contributed by atoms with E-state index < -0.39 is 21.8 Å². The van der Waals surface area contributed by atoms with Gasteiger partial charge in [0.1, 0.15) is 0 Å². The summed E-state index contributed by atoms with van der Waals surface area (Å²) in [6.45, 7) is 3.80. The predicted molar refractivity (Wildman–Crippen MR) is 66.3 cm³/mol. The highest BCUT2D eigenvalue weighted by molar-refractivity contribution is 6.75. The molecule has 0 fully saturated rings. The van der Waals surface area contributed by atoms with Crippen LogP contribution in [0, 0.1) is 0 Å². The average molecular weight is 306 g/mol. The number of hydrogen-bond acceptors (Lipinski definition) is 4. The van der Waals surface area contributed by atoms with Crippen molar-refractivity contribution < 1.29 is 19.1 Å². The van der Waals surface area contributed by atoms with Crippen molar-refractivity contribution in [2.75, 3.05) is 6.61 Å². The van der Waals surface area contributed by atoms with E-state index in [1.807, 2.05) is 6.92 Å². The fraction of sp³-hybridized carbons (Fsp3) is 0.800. The molecular weight excluding hydrogens is 290 g/mol. The molecule has 0 aliphatic rings. The fourth-order valence-corrected chi connectivity index (χ4v) is 1.18. The first kappa shape index (κ1) is 16.8. The molecular formula is C10H15Cl3O4. The maximum Gasteiger partial charge on any atom is 0.359 e. The van der Waals surface area contributed by atoms with Gasteiger partial charge in [-0.1, -0.05) is 48.1 Å². The van der Waals surface area contributed by atoms with Crippen LogP contribution in [-0.2, 0) is 19.1 Å². The molecule has 0 radical (unpaired) electrons. The summed E-state index contributed by atoms with van der Waals surface area (Å²) in [5, 5.41) is 0. The summed E-state index contributed by atoms with van der Waals surface area (Å²) >= 11 is 16.0. The van der Waals surface area contributed by atoms with E-state index in [9.17, 15) is 9.59 Å². The van der Waals surface area contributed by atoms with Crippen molar-refractivity contribution in [3.8, 4) is 0 Å². The van der Waals surface area contributed by atoms with Crippen LogP contribution in [0.1, 0.15) is 33.1 Å². The molecule has 0 aromatic carbocycles. The SMILES string of the molecule is CCCCC(OC(=O)C(Cl)(Cl)Cl)C(=O)OCC. The third-order valence-electron chi connectivity index (χ3n) is 1.85. The smallest absolute Gasteiger partial charge is 0.359 e. The van der Waals surface area contributed by atoms with Gasteiger partial charge in [-0.15, -0.1) is 0 Å².